The highest BCUT2D eigenvalue weighted by Crippen LogP contribution is 2.15. The Kier molecular flexibility index (Phi) is 5.72. The molecule has 0 saturated carbocycles. The fourth-order valence-electron chi connectivity index (χ4n) is 2.11. The summed E-state index contributed by atoms with van der Waals surface area (Å²) in [6.45, 7) is 1.47. The molecule has 0 aliphatic heterocycles. The first-order chi connectivity index (χ1) is 11.8. The van der Waals surface area contributed by atoms with Crippen LogP contribution < -0.4 is 10.0 Å². The van der Waals surface area contributed by atoms with Crippen LogP contribution in [0.3, 0.4) is 0 Å². The standard InChI is InChI=1S/C17H16FN3O3S/c1-12(17(22)20-15-6-2-4-13(8-15)10-19)11-25(23,24)21-16-7-3-5-14(18)9-16/h2-9,12,21H,11H2,1H3,(H,20,22). The number of carbonyl (C=O) groups is 1. The second-order valence-corrected chi connectivity index (χ2v) is 7.24. The molecule has 0 saturated heterocycles. The maximum Gasteiger partial charge on any atom is 0.233 e. The molecule has 0 spiro atoms. The molecule has 0 aliphatic carbocycles. The van der Waals surface area contributed by atoms with E-state index in [1.807, 2.05) is 6.07 Å². The van der Waals surface area contributed by atoms with E-state index in [1.165, 1.54) is 31.2 Å². The summed E-state index contributed by atoms with van der Waals surface area (Å²) in [6, 6.07) is 13.3. The van der Waals surface area contributed by atoms with E-state index in [0.717, 1.165) is 6.07 Å². The Balaban J connectivity index is 2.00. The molecule has 6 nitrogen and oxygen atoms in total. The van der Waals surface area contributed by atoms with Crippen LogP contribution in [0.25, 0.3) is 0 Å². The van der Waals surface area contributed by atoms with Crippen LogP contribution in [-0.2, 0) is 14.8 Å². The van der Waals surface area contributed by atoms with Crippen LogP contribution in [0.4, 0.5) is 15.8 Å². The Morgan fingerprint density at radius 3 is 2.56 bits per heavy atom. The number of halogens is 1. The molecule has 0 radical (unpaired) electrons. The maximum absolute atomic E-state index is 13.1. The highest BCUT2D eigenvalue weighted by atomic mass is 32.2. The molecule has 0 aromatic heterocycles. The van der Waals surface area contributed by atoms with Crippen LogP contribution in [0.2, 0.25) is 0 Å². The highest BCUT2D eigenvalue weighted by Gasteiger charge is 2.22. The van der Waals surface area contributed by atoms with Gasteiger partial charge < -0.3 is 5.32 Å². The summed E-state index contributed by atoms with van der Waals surface area (Å²) < 4.78 is 39.6. The molecule has 1 amide bonds. The fraction of sp³-hybridized carbons (Fsp3) is 0.176. The summed E-state index contributed by atoms with van der Waals surface area (Å²) >= 11 is 0. The number of hydrogen-bond acceptors (Lipinski definition) is 4. The minimum Gasteiger partial charge on any atom is -0.326 e. The summed E-state index contributed by atoms with van der Waals surface area (Å²) in [6.07, 6.45) is 0. The minimum absolute atomic E-state index is 0.0920. The van der Waals surface area contributed by atoms with Crippen molar-refractivity contribution in [2.45, 2.75) is 6.92 Å². The van der Waals surface area contributed by atoms with Crippen molar-refractivity contribution >= 4 is 27.3 Å². The quantitative estimate of drug-likeness (QED) is 0.826. The second kappa shape index (κ2) is 7.77. The Hall–Kier alpha value is -2.92. The van der Waals surface area contributed by atoms with Gasteiger partial charge in [0.15, 0.2) is 0 Å². The van der Waals surface area contributed by atoms with Crippen LogP contribution in [-0.4, -0.2) is 20.1 Å². The van der Waals surface area contributed by atoms with Crippen molar-refractivity contribution < 1.29 is 17.6 Å². The Labute approximate surface area is 145 Å². The molecule has 0 bridgehead atoms. The summed E-state index contributed by atoms with van der Waals surface area (Å²) in [7, 11) is -3.83. The van der Waals surface area contributed by atoms with E-state index >= 15 is 0 Å². The predicted molar refractivity (Wildman–Crippen MR) is 92.8 cm³/mol. The second-order valence-electron chi connectivity index (χ2n) is 5.48. The Morgan fingerprint density at radius 1 is 1.20 bits per heavy atom. The molecule has 25 heavy (non-hydrogen) atoms. The molecule has 0 aliphatic rings. The number of rotatable bonds is 6. The molecule has 8 heteroatoms. The maximum atomic E-state index is 13.1. The van der Waals surface area contributed by atoms with Crippen LogP contribution >= 0.6 is 0 Å². The number of nitrogens with zero attached hydrogens (tertiary/aromatic N) is 1. The number of benzene rings is 2. The zero-order chi connectivity index (χ0) is 18.4. The monoisotopic (exact) mass is 361 g/mol. The number of amides is 1. The summed E-state index contributed by atoms with van der Waals surface area (Å²) in [5.74, 6) is -2.38. The zero-order valence-corrected chi connectivity index (χ0v) is 14.2. The van der Waals surface area contributed by atoms with Gasteiger partial charge in [0.05, 0.1) is 29.0 Å². The number of nitrogens with one attached hydrogen (secondary N) is 2. The molecule has 130 valence electrons. The average Bonchev–Trinajstić information content (AvgIpc) is 2.54. The highest BCUT2D eigenvalue weighted by molar-refractivity contribution is 7.92. The van der Waals surface area contributed by atoms with Gasteiger partial charge in [0.2, 0.25) is 15.9 Å². The van der Waals surface area contributed by atoms with Crippen LogP contribution in [0.15, 0.2) is 48.5 Å². The minimum atomic E-state index is -3.83. The number of anilines is 2. The van der Waals surface area contributed by atoms with Gasteiger partial charge in [-0.05, 0) is 36.4 Å². The third kappa shape index (κ3) is 5.58. The van der Waals surface area contributed by atoms with Gasteiger partial charge in [-0.25, -0.2) is 12.8 Å². The van der Waals surface area contributed by atoms with Gasteiger partial charge in [-0.3, -0.25) is 9.52 Å². The molecule has 1 atom stereocenters. The predicted octanol–water partition coefficient (Wildman–Crippen LogP) is 2.71. The first-order valence-electron chi connectivity index (χ1n) is 7.36. The van der Waals surface area contributed by atoms with Gasteiger partial charge in [-0.1, -0.05) is 19.1 Å². The van der Waals surface area contributed by atoms with Crippen LogP contribution in [0.1, 0.15) is 12.5 Å². The van der Waals surface area contributed by atoms with Crippen molar-refractivity contribution in [2.75, 3.05) is 15.8 Å². The first-order valence-corrected chi connectivity index (χ1v) is 9.01. The fourth-order valence-corrected chi connectivity index (χ4v) is 3.49. The lowest BCUT2D eigenvalue weighted by atomic mass is 10.2. The molecule has 0 fully saturated rings. The molecule has 0 heterocycles. The van der Waals surface area contributed by atoms with Gasteiger partial charge in [-0.15, -0.1) is 0 Å². The van der Waals surface area contributed by atoms with Crippen LogP contribution in [0, 0.1) is 23.1 Å². The number of hydrogen-bond donors (Lipinski definition) is 2. The summed E-state index contributed by atoms with van der Waals surface area (Å²) in [4.78, 5) is 12.2. The van der Waals surface area contributed by atoms with Gasteiger partial charge >= 0.3 is 0 Å². The van der Waals surface area contributed by atoms with E-state index in [0.29, 0.717) is 11.3 Å². The lowest BCUT2D eigenvalue weighted by Crippen LogP contribution is -2.29. The van der Waals surface area contributed by atoms with Crippen molar-refractivity contribution in [2.24, 2.45) is 5.92 Å². The van der Waals surface area contributed by atoms with E-state index < -0.39 is 33.4 Å². The average molecular weight is 361 g/mol. The van der Waals surface area contributed by atoms with Crippen molar-refractivity contribution in [3.63, 3.8) is 0 Å². The molecule has 1 unspecified atom stereocenters. The van der Waals surface area contributed by atoms with Gasteiger partial charge in [-0.2, -0.15) is 5.26 Å². The SMILES string of the molecule is CC(CS(=O)(=O)Nc1cccc(F)c1)C(=O)Nc1cccc(C#N)c1. The lowest BCUT2D eigenvalue weighted by molar-refractivity contribution is -0.118. The van der Waals surface area contributed by atoms with E-state index in [9.17, 15) is 17.6 Å². The van der Waals surface area contributed by atoms with E-state index in [4.69, 9.17) is 5.26 Å². The number of carbonyl (C=O) groups excluding carboxylic acids is 1. The molecule has 2 aromatic rings. The first kappa shape index (κ1) is 18.4. The van der Waals surface area contributed by atoms with E-state index in [-0.39, 0.29) is 5.69 Å². The van der Waals surface area contributed by atoms with Gasteiger partial charge in [0, 0.05) is 5.69 Å². The van der Waals surface area contributed by atoms with Crippen LogP contribution in [0.5, 0.6) is 0 Å². The molecule has 2 aromatic carbocycles. The van der Waals surface area contributed by atoms with Crippen molar-refractivity contribution in [3.8, 4) is 6.07 Å². The molecular weight excluding hydrogens is 345 g/mol. The van der Waals surface area contributed by atoms with E-state index in [1.54, 1.807) is 18.2 Å². The van der Waals surface area contributed by atoms with Crippen molar-refractivity contribution in [3.05, 3.63) is 59.9 Å². The van der Waals surface area contributed by atoms with Crippen molar-refractivity contribution in [1.29, 1.82) is 5.26 Å². The summed E-state index contributed by atoms with van der Waals surface area (Å²) in [5.41, 5.74) is 0.881. The zero-order valence-electron chi connectivity index (χ0n) is 13.4. The number of sulfonamides is 1. The normalized spacial score (nSPS) is 12.0. The van der Waals surface area contributed by atoms with Gasteiger partial charge in [0.1, 0.15) is 5.82 Å². The van der Waals surface area contributed by atoms with Gasteiger partial charge in [0.25, 0.3) is 0 Å². The third-order valence-corrected chi connectivity index (χ3v) is 4.76. The largest absolute Gasteiger partial charge is 0.326 e. The molecule has 2 N–H and O–H groups in total. The molecule has 2 rings (SSSR count). The Morgan fingerprint density at radius 2 is 1.88 bits per heavy atom. The topological polar surface area (TPSA) is 99.1 Å². The van der Waals surface area contributed by atoms with E-state index in [2.05, 4.69) is 10.0 Å². The summed E-state index contributed by atoms with van der Waals surface area (Å²) in [5, 5.41) is 11.4. The number of nitriles is 1. The lowest BCUT2D eigenvalue weighted by Gasteiger charge is -2.14. The Bertz CT molecular complexity index is 923. The molecular formula is C17H16FN3O3S. The van der Waals surface area contributed by atoms with Crippen molar-refractivity contribution in [1.82, 2.24) is 0 Å². The third-order valence-electron chi connectivity index (χ3n) is 3.27. The smallest absolute Gasteiger partial charge is 0.233 e.